The highest BCUT2D eigenvalue weighted by Gasteiger charge is 2.24. The summed E-state index contributed by atoms with van der Waals surface area (Å²) in [5, 5.41) is 0. The van der Waals surface area contributed by atoms with Gasteiger partial charge in [0.25, 0.3) is 0 Å². The second-order valence-electron chi connectivity index (χ2n) is 6.56. The number of sulfonamides is 1. The van der Waals surface area contributed by atoms with Crippen molar-refractivity contribution in [3.8, 4) is 0 Å². The van der Waals surface area contributed by atoms with Crippen molar-refractivity contribution < 1.29 is 8.42 Å². The van der Waals surface area contributed by atoms with E-state index in [2.05, 4.69) is 19.9 Å². The Kier molecular flexibility index (Phi) is 6.97. The Morgan fingerprint density at radius 3 is 2.24 bits per heavy atom. The van der Waals surface area contributed by atoms with Crippen LogP contribution in [-0.2, 0) is 16.6 Å². The first-order valence-corrected chi connectivity index (χ1v) is 10.1. The molecule has 0 bridgehead atoms. The van der Waals surface area contributed by atoms with E-state index in [1.54, 1.807) is 16.4 Å². The Morgan fingerprint density at radius 1 is 1.00 bits per heavy atom. The van der Waals surface area contributed by atoms with E-state index in [0.717, 1.165) is 24.0 Å². The molecule has 0 saturated heterocycles. The van der Waals surface area contributed by atoms with Crippen molar-refractivity contribution in [2.24, 2.45) is 0 Å². The minimum atomic E-state index is -3.50. The van der Waals surface area contributed by atoms with E-state index < -0.39 is 10.0 Å². The molecule has 0 amide bonds. The zero-order chi connectivity index (χ0) is 18.3. The summed E-state index contributed by atoms with van der Waals surface area (Å²) in [7, 11) is -3.50. The molecule has 2 rings (SSSR count). The molecule has 4 heteroatoms. The lowest BCUT2D eigenvalue weighted by molar-refractivity contribution is 0.400. The molecule has 0 radical (unpaired) electrons. The van der Waals surface area contributed by atoms with Gasteiger partial charge in [0.2, 0.25) is 10.0 Å². The fraction of sp³-hybridized carbons (Fsp3) is 0.333. The Labute approximate surface area is 152 Å². The maximum Gasteiger partial charge on any atom is 0.243 e. The molecule has 0 aliphatic heterocycles. The van der Waals surface area contributed by atoms with Crippen molar-refractivity contribution in [1.29, 1.82) is 0 Å². The highest BCUT2D eigenvalue weighted by atomic mass is 32.2. The Morgan fingerprint density at radius 2 is 1.64 bits per heavy atom. The maximum atomic E-state index is 13.1. The molecule has 0 fully saturated rings. The number of aryl methyl sites for hydroxylation is 1. The van der Waals surface area contributed by atoms with Crippen LogP contribution >= 0.6 is 0 Å². The average Bonchev–Trinajstić information content (AvgIpc) is 2.58. The van der Waals surface area contributed by atoms with Crippen LogP contribution in [0, 0.1) is 6.92 Å². The lowest BCUT2D eigenvalue weighted by Gasteiger charge is -2.22. The summed E-state index contributed by atoms with van der Waals surface area (Å²) < 4.78 is 27.8. The molecule has 2 aromatic carbocycles. The molecule has 0 atom stereocenters. The zero-order valence-corrected chi connectivity index (χ0v) is 16.1. The van der Waals surface area contributed by atoms with Crippen molar-refractivity contribution in [1.82, 2.24) is 4.31 Å². The Balaban J connectivity index is 2.22. The Bertz CT molecular complexity index is 790. The molecule has 3 nitrogen and oxygen atoms in total. The Hall–Kier alpha value is -1.91. The van der Waals surface area contributed by atoms with E-state index in [4.69, 9.17) is 0 Å². The second kappa shape index (κ2) is 8.97. The molecule has 0 aliphatic carbocycles. The van der Waals surface area contributed by atoms with Crippen LogP contribution in [0.15, 0.2) is 71.1 Å². The van der Waals surface area contributed by atoms with Crippen LogP contribution in [0.2, 0.25) is 0 Å². The standard InChI is InChI=1S/C21H27NO2S/c1-18(2)9-7-8-16-22(17-20-10-5-4-6-11-20)25(23,24)21-14-12-19(3)13-15-21/h4-6,9-15H,7-8,16-17H2,1-3H3. The highest BCUT2D eigenvalue weighted by Crippen LogP contribution is 2.20. The molecule has 0 unspecified atom stereocenters. The second-order valence-corrected chi connectivity index (χ2v) is 8.50. The first-order chi connectivity index (χ1) is 11.9. The van der Waals surface area contributed by atoms with Crippen molar-refractivity contribution in [2.75, 3.05) is 6.54 Å². The number of benzene rings is 2. The quantitative estimate of drug-likeness (QED) is 0.496. The van der Waals surface area contributed by atoms with Crippen LogP contribution < -0.4 is 0 Å². The van der Waals surface area contributed by atoms with Crippen molar-refractivity contribution in [3.63, 3.8) is 0 Å². The number of rotatable bonds is 8. The maximum absolute atomic E-state index is 13.1. The van der Waals surface area contributed by atoms with Gasteiger partial charge in [-0.25, -0.2) is 8.42 Å². The molecular weight excluding hydrogens is 330 g/mol. The van der Waals surface area contributed by atoms with E-state index in [1.165, 1.54) is 5.57 Å². The average molecular weight is 358 g/mol. The van der Waals surface area contributed by atoms with Crippen LogP contribution in [0.1, 0.15) is 37.8 Å². The minimum Gasteiger partial charge on any atom is -0.207 e. The molecule has 134 valence electrons. The van der Waals surface area contributed by atoms with E-state index in [0.29, 0.717) is 18.0 Å². The van der Waals surface area contributed by atoms with E-state index in [1.807, 2.05) is 49.4 Å². The molecule has 0 aromatic heterocycles. The van der Waals surface area contributed by atoms with Gasteiger partial charge in [-0.3, -0.25) is 0 Å². The topological polar surface area (TPSA) is 37.4 Å². The summed E-state index contributed by atoms with van der Waals surface area (Å²) in [6.07, 6.45) is 3.85. The number of hydrogen-bond acceptors (Lipinski definition) is 2. The lowest BCUT2D eigenvalue weighted by atomic mass is 10.2. The number of hydrogen-bond donors (Lipinski definition) is 0. The molecule has 0 heterocycles. The summed E-state index contributed by atoms with van der Waals surface area (Å²) in [5.41, 5.74) is 3.31. The summed E-state index contributed by atoms with van der Waals surface area (Å²) >= 11 is 0. The molecule has 25 heavy (non-hydrogen) atoms. The largest absolute Gasteiger partial charge is 0.243 e. The van der Waals surface area contributed by atoms with Gasteiger partial charge in [0.1, 0.15) is 0 Å². The zero-order valence-electron chi connectivity index (χ0n) is 15.3. The number of allylic oxidation sites excluding steroid dienone is 2. The molecule has 0 N–H and O–H groups in total. The summed E-state index contributed by atoms with van der Waals surface area (Å²) in [6, 6.07) is 16.8. The molecule has 0 aliphatic rings. The fourth-order valence-corrected chi connectivity index (χ4v) is 4.06. The number of unbranched alkanes of at least 4 members (excludes halogenated alkanes) is 1. The predicted octanol–water partition coefficient (Wildman–Crippen LogP) is 4.93. The lowest BCUT2D eigenvalue weighted by Crippen LogP contribution is -2.31. The van der Waals surface area contributed by atoms with Gasteiger partial charge in [-0.2, -0.15) is 4.31 Å². The SMILES string of the molecule is CC(C)=CCCCN(Cc1ccccc1)S(=O)(=O)c1ccc(C)cc1. The van der Waals surface area contributed by atoms with Crippen molar-refractivity contribution in [2.45, 2.75) is 45.1 Å². The monoisotopic (exact) mass is 357 g/mol. The predicted molar refractivity (Wildman–Crippen MR) is 104 cm³/mol. The molecule has 0 saturated carbocycles. The summed E-state index contributed by atoms with van der Waals surface area (Å²) in [6.45, 7) is 6.98. The van der Waals surface area contributed by atoms with Crippen LogP contribution in [0.25, 0.3) is 0 Å². The highest BCUT2D eigenvalue weighted by molar-refractivity contribution is 7.89. The van der Waals surface area contributed by atoms with Gasteiger partial charge in [-0.1, -0.05) is 59.7 Å². The van der Waals surface area contributed by atoms with E-state index in [-0.39, 0.29) is 0 Å². The summed E-state index contributed by atoms with van der Waals surface area (Å²) in [5.74, 6) is 0. The number of nitrogens with zero attached hydrogens (tertiary/aromatic N) is 1. The van der Waals surface area contributed by atoms with Crippen LogP contribution in [0.3, 0.4) is 0 Å². The van der Waals surface area contributed by atoms with Crippen LogP contribution in [0.4, 0.5) is 0 Å². The van der Waals surface area contributed by atoms with E-state index in [9.17, 15) is 8.42 Å². The normalized spacial score (nSPS) is 11.5. The van der Waals surface area contributed by atoms with Gasteiger partial charge < -0.3 is 0 Å². The van der Waals surface area contributed by atoms with Crippen LogP contribution in [0.5, 0.6) is 0 Å². The fourth-order valence-electron chi connectivity index (χ4n) is 2.59. The van der Waals surface area contributed by atoms with E-state index >= 15 is 0 Å². The molecular formula is C21H27NO2S. The molecule has 0 spiro atoms. The van der Waals surface area contributed by atoms with Crippen LogP contribution in [-0.4, -0.2) is 19.3 Å². The van der Waals surface area contributed by atoms with Crippen molar-refractivity contribution >= 4 is 10.0 Å². The smallest absolute Gasteiger partial charge is 0.207 e. The van der Waals surface area contributed by atoms with Gasteiger partial charge in [0.15, 0.2) is 0 Å². The minimum absolute atomic E-state index is 0.358. The van der Waals surface area contributed by atoms with Gasteiger partial charge in [-0.15, -0.1) is 0 Å². The van der Waals surface area contributed by atoms with Gasteiger partial charge in [0, 0.05) is 13.1 Å². The summed E-state index contributed by atoms with van der Waals surface area (Å²) in [4.78, 5) is 0.358. The first kappa shape index (κ1) is 19.4. The third kappa shape index (κ3) is 5.83. The van der Waals surface area contributed by atoms with Gasteiger partial charge in [0.05, 0.1) is 4.90 Å². The third-order valence-electron chi connectivity index (χ3n) is 4.02. The van der Waals surface area contributed by atoms with Gasteiger partial charge >= 0.3 is 0 Å². The molecule has 2 aromatic rings. The first-order valence-electron chi connectivity index (χ1n) is 8.64. The third-order valence-corrected chi connectivity index (χ3v) is 5.88. The van der Waals surface area contributed by atoms with Gasteiger partial charge in [-0.05, 0) is 51.3 Å². The van der Waals surface area contributed by atoms with Crippen molar-refractivity contribution in [3.05, 3.63) is 77.4 Å².